The smallest absolute Gasteiger partial charge is 0.336 e. The van der Waals surface area contributed by atoms with E-state index in [4.69, 9.17) is 9.47 Å². The second kappa shape index (κ2) is 4.44. The highest BCUT2D eigenvalue weighted by molar-refractivity contribution is 5.92. The van der Waals surface area contributed by atoms with Gasteiger partial charge in [-0.25, -0.2) is 4.79 Å². The number of hydrogen-bond donors (Lipinski definition) is 0. The monoisotopic (exact) mass is 284 g/mol. The summed E-state index contributed by atoms with van der Waals surface area (Å²) in [6, 6.07) is 10.6. The normalized spacial score (nSPS) is 40.0. The molecular weight excluding hydrogens is 264 g/mol. The fraction of sp³-hybridized carbons (Fsp3) is 0.500. The van der Waals surface area contributed by atoms with Crippen LogP contribution < -0.4 is 0 Å². The Morgan fingerprint density at radius 1 is 1.29 bits per heavy atom. The van der Waals surface area contributed by atoms with Crippen LogP contribution >= 0.6 is 0 Å². The molecule has 1 aliphatic heterocycles. The molecule has 1 saturated carbocycles. The fourth-order valence-corrected chi connectivity index (χ4v) is 4.51. The minimum absolute atomic E-state index is 0.186. The zero-order valence-corrected chi connectivity index (χ0v) is 12.4. The predicted octanol–water partition coefficient (Wildman–Crippen LogP) is 3.07. The third kappa shape index (κ3) is 1.73. The van der Waals surface area contributed by atoms with Crippen molar-refractivity contribution in [1.82, 2.24) is 0 Å². The van der Waals surface area contributed by atoms with Crippen molar-refractivity contribution in [3.63, 3.8) is 0 Å². The largest absolute Gasteiger partial charge is 0.466 e. The van der Waals surface area contributed by atoms with Crippen LogP contribution in [0, 0.1) is 11.8 Å². The lowest BCUT2D eigenvalue weighted by Gasteiger charge is -2.34. The van der Waals surface area contributed by atoms with Gasteiger partial charge < -0.3 is 9.47 Å². The molecule has 0 bridgehead atoms. The van der Waals surface area contributed by atoms with Crippen molar-refractivity contribution in [2.75, 3.05) is 7.11 Å². The molecule has 3 nitrogen and oxygen atoms in total. The van der Waals surface area contributed by atoms with Crippen molar-refractivity contribution in [1.29, 1.82) is 0 Å². The summed E-state index contributed by atoms with van der Waals surface area (Å²) in [5.41, 5.74) is 1.77. The Labute approximate surface area is 124 Å². The average Bonchev–Trinajstić information content (AvgIpc) is 3.13. The summed E-state index contributed by atoms with van der Waals surface area (Å²) >= 11 is 0. The number of rotatable bonds is 2. The lowest BCUT2D eigenvalue weighted by atomic mass is 9.71. The van der Waals surface area contributed by atoms with Crippen molar-refractivity contribution in [3.05, 3.63) is 47.5 Å². The van der Waals surface area contributed by atoms with Crippen LogP contribution in [0.5, 0.6) is 0 Å². The molecule has 3 aliphatic rings. The van der Waals surface area contributed by atoms with Gasteiger partial charge in [0.15, 0.2) is 0 Å². The fourth-order valence-electron chi connectivity index (χ4n) is 4.51. The van der Waals surface area contributed by atoms with Gasteiger partial charge in [0.1, 0.15) is 5.60 Å². The quantitative estimate of drug-likeness (QED) is 0.619. The lowest BCUT2D eigenvalue weighted by Crippen LogP contribution is -2.36. The van der Waals surface area contributed by atoms with Crippen molar-refractivity contribution >= 4 is 5.97 Å². The van der Waals surface area contributed by atoms with Gasteiger partial charge in [0.2, 0.25) is 0 Å². The molecule has 5 atom stereocenters. The minimum atomic E-state index is -0.361. The van der Waals surface area contributed by atoms with E-state index in [0.717, 1.165) is 18.4 Å². The number of methoxy groups -OCH3 is 1. The Kier molecular flexibility index (Phi) is 2.77. The van der Waals surface area contributed by atoms with Gasteiger partial charge in [-0.2, -0.15) is 0 Å². The number of carbonyl (C=O) groups is 1. The molecule has 2 fully saturated rings. The standard InChI is InChI=1S/C18H20O3/c1-11-8-14-13(12-6-4-3-5-7-12)10-16-18(14,21-16)15(9-11)17(19)20-2/h3-7,9,11,13-14,16H,8,10H2,1-2H3/t11-,13+,14?,16+,18+/m1/s1. The van der Waals surface area contributed by atoms with Gasteiger partial charge in [0, 0.05) is 5.92 Å². The maximum atomic E-state index is 12.2. The van der Waals surface area contributed by atoms with Crippen LogP contribution in [0.25, 0.3) is 0 Å². The number of hydrogen-bond acceptors (Lipinski definition) is 3. The van der Waals surface area contributed by atoms with Crippen LogP contribution in [0.1, 0.15) is 31.2 Å². The molecule has 4 rings (SSSR count). The molecule has 1 aromatic rings. The molecule has 0 aromatic heterocycles. The topological polar surface area (TPSA) is 38.8 Å². The number of benzene rings is 1. The molecule has 21 heavy (non-hydrogen) atoms. The molecule has 0 N–H and O–H groups in total. The highest BCUT2D eigenvalue weighted by atomic mass is 16.6. The third-order valence-electron chi connectivity index (χ3n) is 5.39. The number of ether oxygens (including phenoxy) is 2. The second-order valence-electron chi connectivity index (χ2n) is 6.54. The molecule has 1 heterocycles. The first-order valence-corrected chi connectivity index (χ1v) is 7.70. The zero-order valence-electron chi connectivity index (χ0n) is 12.4. The molecule has 1 aromatic carbocycles. The Morgan fingerprint density at radius 3 is 2.76 bits per heavy atom. The van der Waals surface area contributed by atoms with E-state index < -0.39 is 0 Å². The minimum Gasteiger partial charge on any atom is -0.466 e. The van der Waals surface area contributed by atoms with E-state index in [9.17, 15) is 4.79 Å². The van der Waals surface area contributed by atoms with Gasteiger partial charge in [-0.1, -0.05) is 43.3 Å². The van der Waals surface area contributed by atoms with Gasteiger partial charge in [-0.05, 0) is 30.2 Å². The van der Waals surface area contributed by atoms with Crippen molar-refractivity contribution in [2.24, 2.45) is 11.8 Å². The summed E-state index contributed by atoms with van der Waals surface area (Å²) in [4.78, 5) is 12.2. The van der Waals surface area contributed by atoms with Gasteiger partial charge >= 0.3 is 5.97 Å². The van der Waals surface area contributed by atoms with Gasteiger partial charge in [0.05, 0.1) is 18.8 Å². The molecule has 3 heteroatoms. The first-order valence-electron chi connectivity index (χ1n) is 7.70. The summed E-state index contributed by atoms with van der Waals surface area (Å²) in [6.07, 6.45) is 4.34. The molecule has 0 radical (unpaired) electrons. The van der Waals surface area contributed by atoms with Crippen LogP contribution in [-0.2, 0) is 14.3 Å². The first kappa shape index (κ1) is 13.1. The molecule has 2 aliphatic carbocycles. The van der Waals surface area contributed by atoms with Crippen molar-refractivity contribution in [2.45, 2.75) is 37.4 Å². The Morgan fingerprint density at radius 2 is 2.05 bits per heavy atom. The van der Waals surface area contributed by atoms with E-state index in [1.807, 2.05) is 0 Å². The number of esters is 1. The molecule has 1 saturated heterocycles. The Bertz CT molecular complexity index is 606. The highest BCUT2D eigenvalue weighted by Gasteiger charge is 2.72. The Hall–Kier alpha value is -1.61. The summed E-state index contributed by atoms with van der Waals surface area (Å²) < 4.78 is 11.0. The lowest BCUT2D eigenvalue weighted by molar-refractivity contribution is -0.137. The van der Waals surface area contributed by atoms with Gasteiger partial charge in [0.25, 0.3) is 0 Å². The SMILES string of the molecule is COC(=O)C1=C[C@H](C)CC2[C@H](c3ccccc3)C[C@@H]3O[C@]123. The van der Waals surface area contributed by atoms with Gasteiger partial charge in [-0.3, -0.25) is 0 Å². The molecular formula is C18H20O3. The van der Waals surface area contributed by atoms with Crippen LogP contribution in [0.15, 0.2) is 42.0 Å². The first-order chi connectivity index (χ1) is 10.2. The van der Waals surface area contributed by atoms with E-state index >= 15 is 0 Å². The van der Waals surface area contributed by atoms with E-state index in [2.05, 4.69) is 43.3 Å². The van der Waals surface area contributed by atoms with Crippen molar-refractivity contribution in [3.8, 4) is 0 Å². The van der Waals surface area contributed by atoms with Crippen molar-refractivity contribution < 1.29 is 14.3 Å². The van der Waals surface area contributed by atoms with Crippen LogP contribution in [-0.4, -0.2) is 24.8 Å². The molecule has 110 valence electrons. The third-order valence-corrected chi connectivity index (χ3v) is 5.39. The summed E-state index contributed by atoms with van der Waals surface area (Å²) in [7, 11) is 1.45. The summed E-state index contributed by atoms with van der Waals surface area (Å²) in [5.74, 6) is 1.05. The maximum absolute atomic E-state index is 12.2. The van der Waals surface area contributed by atoms with E-state index in [1.54, 1.807) is 0 Å². The summed E-state index contributed by atoms with van der Waals surface area (Å²) in [6.45, 7) is 2.17. The number of allylic oxidation sites excluding steroid dienone is 1. The number of epoxide rings is 1. The van der Waals surface area contributed by atoms with Crippen LogP contribution in [0.3, 0.4) is 0 Å². The Balaban J connectivity index is 1.73. The van der Waals surface area contributed by atoms with E-state index in [-0.39, 0.29) is 17.7 Å². The number of carbonyl (C=O) groups excluding carboxylic acids is 1. The average molecular weight is 284 g/mol. The van der Waals surface area contributed by atoms with Crippen LogP contribution in [0.4, 0.5) is 0 Å². The molecule has 0 amide bonds. The van der Waals surface area contributed by atoms with E-state index in [0.29, 0.717) is 17.8 Å². The molecule has 1 unspecified atom stereocenters. The highest BCUT2D eigenvalue weighted by Crippen LogP contribution is 2.66. The predicted molar refractivity (Wildman–Crippen MR) is 78.8 cm³/mol. The molecule has 1 spiro atoms. The second-order valence-corrected chi connectivity index (χ2v) is 6.54. The van der Waals surface area contributed by atoms with Crippen LogP contribution in [0.2, 0.25) is 0 Å². The maximum Gasteiger partial charge on any atom is 0.336 e. The van der Waals surface area contributed by atoms with E-state index in [1.165, 1.54) is 12.7 Å². The van der Waals surface area contributed by atoms with Gasteiger partial charge in [-0.15, -0.1) is 0 Å². The zero-order chi connectivity index (χ0) is 14.6. The summed E-state index contributed by atoms with van der Waals surface area (Å²) in [5, 5.41) is 0.